The highest BCUT2D eigenvalue weighted by molar-refractivity contribution is 7.07. The lowest BCUT2D eigenvalue weighted by atomic mass is 9.81. The van der Waals surface area contributed by atoms with Crippen LogP contribution in [-0.2, 0) is 16.1 Å². The van der Waals surface area contributed by atoms with Crippen LogP contribution in [0.5, 0.6) is 5.75 Å². The van der Waals surface area contributed by atoms with Gasteiger partial charge in [0.1, 0.15) is 11.7 Å². The fourth-order valence-electron chi connectivity index (χ4n) is 4.41. The Morgan fingerprint density at radius 3 is 2.87 bits per heavy atom. The lowest BCUT2D eigenvalue weighted by molar-refractivity contribution is -0.158. The normalized spacial score (nSPS) is 24.1. The standard InChI is InChI=1S/C22H22N4O4S/c1-5-25-11-13(12(2)24-25)10-16-19(27)26-18-14-8-6-7-9-15(14)30-22(3,23-21(26)31-16)17(18)20(28)29-4/h6-11,17-18H,5H2,1-4H3/t17-,18-,22+/m0/s1. The molecule has 31 heavy (non-hydrogen) atoms. The molecule has 0 saturated heterocycles. The molecule has 5 rings (SSSR count). The number of carbonyl (C=O) groups excluding carboxylic acids is 1. The van der Waals surface area contributed by atoms with E-state index in [4.69, 9.17) is 14.5 Å². The second kappa shape index (κ2) is 6.91. The number of aryl methyl sites for hydroxylation is 2. The van der Waals surface area contributed by atoms with Crippen LogP contribution >= 0.6 is 11.3 Å². The van der Waals surface area contributed by atoms with E-state index in [9.17, 15) is 9.59 Å². The van der Waals surface area contributed by atoms with Crippen molar-refractivity contribution in [2.24, 2.45) is 10.9 Å². The summed E-state index contributed by atoms with van der Waals surface area (Å²) in [5.74, 6) is -0.613. The van der Waals surface area contributed by atoms with E-state index >= 15 is 0 Å². The van der Waals surface area contributed by atoms with Crippen LogP contribution < -0.4 is 19.6 Å². The van der Waals surface area contributed by atoms with Crippen LogP contribution in [0, 0.1) is 12.8 Å². The minimum Gasteiger partial charge on any atom is -0.469 e. The molecule has 1 aromatic carbocycles. The lowest BCUT2D eigenvalue weighted by Crippen LogP contribution is -2.58. The molecule has 3 atom stereocenters. The third-order valence-electron chi connectivity index (χ3n) is 5.93. The zero-order valence-electron chi connectivity index (χ0n) is 17.7. The Morgan fingerprint density at radius 2 is 2.16 bits per heavy atom. The fourth-order valence-corrected chi connectivity index (χ4v) is 5.50. The molecule has 0 saturated carbocycles. The summed E-state index contributed by atoms with van der Waals surface area (Å²) in [4.78, 5) is 31.6. The van der Waals surface area contributed by atoms with Crippen LogP contribution in [0.1, 0.15) is 36.7 Å². The molecular weight excluding hydrogens is 416 g/mol. The molecule has 4 heterocycles. The van der Waals surface area contributed by atoms with Crippen molar-refractivity contribution >= 4 is 23.4 Å². The van der Waals surface area contributed by atoms with E-state index < -0.39 is 23.7 Å². The molecule has 0 amide bonds. The van der Waals surface area contributed by atoms with Crippen molar-refractivity contribution in [3.63, 3.8) is 0 Å². The van der Waals surface area contributed by atoms with E-state index in [0.29, 0.717) is 15.1 Å². The quantitative estimate of drug-likeness (QED) is 0.577. The van der Waals surface area contributed by atoms with Gasteiger partial charge in [0.2, 0.25) is 5.72 Å². The first kappa shape index (κ1) is 19.7. The SMILES string of the molecule is CCn1cc(C=c2sc3n(c2=O)[C@H]2c4ccccc4O[C@@](C)(N=3)[C@@H]2C(=O)OC)c(C)n1. The number of nitrogens with zero attached hydrogens (tertiary/aromatic N) is 4. The first-order valence-electron chi connectivity index (χ1n) is 10.1. The highest BCUT2D eigenvalue weighted by atomic mass is 32.1. The van der Waals surface area contributed by atoms with Gasteiger partial charge in [0.15, 0.2) is 4.80 Å². The Hall–Kier alpha value is -3.20. The molecule has 2 aliphatic heterocycles. The molecule has 9 heteroatoms. The minimum absolute atomic E-state index is 0.190. The van der Waals surface area contributed by atoms with E-state index in [2.05, 4.69) is 5.10 Å². The summed E-state index contributed by atoms with van der Waals surface area (Å²) >= 11 is 1.29. The zero-order chi connectivity index (χ0) is 21.9. The molecule has 160 valence electrons. The highest BCUT2D eigenvalue weighted by Crippen LogP contribution is 2.47. The molecule has 0 N–H and O–H groups in total. The number of carbonyl (C=O) groups is 1. The third kappa shape index (κ3) is 2.87. The zero-order valence-corrected chi connectivity index (χ0v) is 18.5. The number of methoxy groups -OCH3 is 1. The van der Waals surface area contributed by atoms with Gasteiger partial charge in [-0.3, -0.25) is 18.8 Å². The molecule has 0 spiro atoms. The molecule has 2 bridgehead atoms. The van der Waals surface area contributed by atoms with E-state index in [1.54, 1.807) is 11.5 Å². The molecule has 0 radical (unpaired) electrons. The maximum Gasteiger partial charge on any atom is 0.317 e. The van der Waals surface area contributed by atoms with Crippen LogP contribution in [0.15, 0.2) is 40.2 Å². The van der Waals surface area contributed by atoms with Crippen LogP contribution in [-0.4, -0.2) is 33.2 Å². The Labute approximate surface area is 182 Å². The number of benzene rings is 1. The number of thiazole rings is 1. The predicted molar refractivity (Wildman–Crippen MR) is 115 cm³/mol. The van der Waals surface area contributed by atoms with Crippen molar-refractivity contribution in [1.82, 2.24) is 14.3 Å². The maximum atomic E-state index is 13.5. The molecule has 2 aliphatic rings. The summed E-state index contributed by atoms with van der Waals surface area (Å²) in [6.45, 7) is 6.45. The van der Waals surface area contributed by atoms with Gasteiger partial charge in [-0.25, -0.2) is 4.99 Å². The highest BCUT2D eigenvalue weighted by Gasteiger charge is 2.55. The average molecular weight is 439 g/mol. The van der Waals surface area contributed by atoms with Crippen molar-refractivity contribution in [2.75, 3.05) is 7.11 Å². The molecule has 2 aromatic heterocycles. The monoisotopic (exact) mass is 438 g/mol. The number of rotatable bonds is 3. The maximum absolute atomic E-state index is 13.5. The first-order chi connectivity index (χ1) is 14.9. The second-order valence-corrected chi connectivity index (χ2v) is 8.86. The Balaban J connectivity index is 1.78. The van der Waals surface area contributed by atoms with Crippen molar-refractivity contribution in [3.05, 3.63) is 67.0 Å². The predicted octanol–water partition coefficient (Wildman–Crippen LogP) is 1.38. The summed E-state index contributed by atoms with van der Waals surface area (Å²) in [6.07, 6.45) is 3.76. The summed E-state index contributed by atoms with van der Waals surface area (Å²) in [6, 6.07) is 6.90. The van der Waals surface area contributed by atoms with Gasteiger partial charge in [-0.1, -0.05) is 29.5 Å². The summed E-state index contributed by atoms with van der Waals surface area (Å²) in [5, 5.41) is 4.45. The van der Waals surface area contributed by atoms with Gasteiger partial charge < -0.3 is 9.47 Å². The van der Waals surface area contributed by atoms with Gasteiger partial charge in [0.25, 0.3) is 5.56 Å². The summed E-state index contributed by atoms with van der Waals surface area (Å²) < 4.78 is 15.3. The number of esters is 1. The van der Waals surface area contributed by atoms with Gasteiger partial charge in [-0.05, 0) is 32.9 Å². The van der Waals surface area contributed by atoms with Gasteiger partial charge >= 0.3 is 5.97 Å². The second-order valence-electron chi connectivity index (χ2n) is 7.85. The van der Waals surface area contributed by atoms with Crippen LogP contribution in [0.3, 0.4) is 0 Å². The molecule has 0 unspecified atom stereocenters. The van der Waals surface area contributed by atoms with Crippen LogP contribution in [0.4, 0.5) is 0 Å². The van der Waals surface area contributed by atoms with Crippen LogP contribution in [0.25, 0.3) is 6.08 Å². The molecule has 0 aliphatic carbocycles. The van der Waals surface area contributed by atoms with Crippen molar-refractivity contribution in [2.45, 2.75) is 39.1 Å². The van der Waals surface area contributed by atoms with E-state index in [1.165, 1.54) is 18.4 Å². The Kier molecular flexibility index (Phi) is 4.40. The lowest BCUT2D eigenvalue weighted by Gasteiger charge is -2.44. The van der Waals surface area contributed by atoms with Crippen LogP contribution in [0.2, 0.25) is 0 Å². The van der Waals surface area contributed by atoms with Crippen molar-refractivity contribution in [1.29, 1.82) is 0 Å². The fraction of sp³-hybridized carbons (Fsp3) is 0.364. The number of fused-ring (bicyclic) bond motifs is 6. The van der Waals surface area contributed by atoms with E-state index in [-0.39, 0.29) is 5.56 Å². The van der Waals surface area contributed by atoms with Gasteiger partial charge in [0, 0.05) is 23.9 Å². The Morgan fingerprint density at radius 1 is 1.39 bits per heavy atom. The topological polar surface area (TPSA) is 87.7 Å². The molecule has 3 aromatic rings. The number of para-hydroxylation sites is 1. The minimum atomic E-state index is -1.16. The average Bonchev–Trinajstić information content (AvgIpc) is 3.25. The molecule has 8 nitrogen and oxygen atoms in total. The number of hydrogen-bond acceptors (Lipinski definition) is 7. The summed E-state index contributed by atoms with van der Waals surface area (Å²) in [5.41, 5.74) is 1.15. The Bertz CT molecular complexity index is 1390. The van der Waals surface area contributed by atoms with E-state index in [0.717, 1.165) is 23.4 Å². The number of hydrogen-bond donors (Lipinski definition) is 0. The van der Waals surface area contributed by atoms with E-state index in [1.807, 2.05) is 55.1 Å². The third-order valence-corrected chi connectivity index (χ3v) is 6.91. The smallest absolute Gasteiger partial charge is 0.317 e. The first-order valence-corrected chi connectivity index (χ1v) is 10.9. The molecular formula is C22H22N4O4S. The van der Waals surface area contributed by atoms with Gasteiger partial charge in [-0.15, -0.1) is 0 Å². The van der Waals surface area contributed by atoms with Gasteiger partial charge in [0.05, 0.1) is 23.4 Å². The number of aromatic nitrogens is 3. The van der Waals surface area contributed by atoms with Gasteiger partial charge in [-0.2, -0.15) is 5.10 Å². The number of ether oxygens (including phenoxy) is 2. The van der Waals surface area contributed by atoms with Crippen molar-refractivity contribution < 1.29 is 14.3 Å². The summed E-state index contributed by atoms with van der Waals surface area (Å²) in [7, 11) is 1.34. The van der Waals surface area contributed by atoms with Crippen molar-refractivity contribution in [3.8, 4) is 5.75 Å². The largest absolute Gasteiger partial charge is 0.469 e. The molecule has 0 fully saturated rings.